The highest BCUT2D eigenvalue weighted by molar-refractivity contribution is 6.03. The van der Waals surface area contributed by atoms with Crippen molar-refractivity contribution in [3.8, 4) is 11.4 Å². The molecule has 2 aliphatic carbocycles. The lowest BCUT2D eigenvalue weighted by Gasteiger charge is -2.31. The van der Waals surface area contributed by atoms with Gasteiger partial charge in [0.1, 0.15) is 25.3 Å². The predicted molar refractivity (Wildman–Crippen MR) is 288 cm³/mol. The lowest BCUT2D eigenvalue weighted by atomic mass is 9.76. The van der Waals surface area contributed by atoms with Gasteiger partial charge in [0, 0.05) is 80.0 Å². The number of esters is 1. The van der Waals surface area contributed by atoms with Gasteiger partial charge < -0.3 is 35.1 Å². The molecular formula is C60H69FN6O13. The topological polar surface area (TPSA) is 267 Å². The Labute approximate surface area is 462 Å². The molecule has 1 saturated carbocycles. The Bertz CT molecular complexity index is 3230. The van der Waals surface area contributed by atoms with Crippen LogP contribution in [0.5, 0.6) is 0 Å². The molecule has 0 radical (unpaired) electrons. The van der Waals surface area contributed by atoms with Crippen molar-refractivity contribution in [3.63, 3.8) is 0 Å². The Morgan fingerprint density at radius 3 is 2.36 bits per heavy atom. The molecule has 2 fully saturated rings. The molecule has 19 nitrogen and oxygen atoms in total. The SMILES string of the molecule is CC[C@@]1(O)C(=O)OCc2c1cc1n(c2=O)Cc2c-1nc1cc(F)c(C)c3c1c2[C@@H](CC(=O)[C@@H](CC1CC1)OCNC(=O)CCC(=O)[C@H](Cc1ccccc1)NC(=O)CCC(=O)CNC(=O)CCCCCN1C(=O)CC(C)C1=O)CC3. The number of pyridine rings is 2. The van der Waals surface area contributed by atoms with Gasteiger partial charge in [-0.3, -0.25) is 48.1 Å². The van der Waals surface area contributed by atoms with E-state index in [2.05, 4.69) is 16.0 Å². The zero-order valence-electron chi connectivity index (χ0n) is 45.6. The standard InChI is InChI=1S/C60H69FN6O13/c1-4-60(78)42-27-46-56-40(30-67(46)58(76)41(42)31-79-59(60)77)54-37(16-18-39-34(3)43(61)28-45(65-56)55(39)54)26-48(70)49(25-36-14-15-36)80-32-63-51(72)21-19-47(69)44(24-35-11-7-5-8-12-35)64-52(73)20-17-38(68)29-62-50(71)13-9-6-10-22-66-53(74)23-33(2)57(66)75/h5,7-8,11-12,27-28,33,36-37,44,49,78H,4,6,9-10,13-26,29-32H2,1-3H3,(H,62,71)(H,63,72)(H,64,73)/t33?,37-,44+,49-,60+/m1/s1. The van der Waals surface area contributed by atoms with E-state index in [9.17, 15) is 53.1 Å². The third-order valence-corrected chi connectivity index (χ3v) is 16.6. The number of likely N-dealkylation sites (tertiary alicyclic amines) is 1. The summed E-state index contributed by atoms with van der Waals surface area (Å²) in [5.41, 5.74) is 2.54. The number of hydrogen-bond acceptors (Lipinski definition) is 14. The fourth-order valence-electron chi connectivity index (χ4n) is 11.7. The number of hydrogen-bond donors (Lipinski definition) is 4. The molecule has 5 amide bonds. The van der Waals surface area contributed by atoms with E-state index in [-0.39, 0.29) is 142 Å². The van der Waals surface area contributed by atoms with Crippen LogP contribution in [-0.2, 0) is 84.2 Å². The summed E-state index contributed by atoms with van der Waals surface area (Å²) in [5, 5.41) is 20.2. The summed E-state index contributed by atoms with van der Waals surface area (Å²) in [6.45, 7) is 4.61. The predicted octanol–water partition coefficient (Wildman–Crippen LogP) is 5.27. The molecule has 2 aromatic heterocycles. The summed E-state index contributed by atoms with van der Waals surface area (Å²) in [6.07, 6.45) is 3.75. The first kappa shape index (κ1) is 57.4. The average Bonchev–Trinajstić information content (AvgIpc) is 4.22. The van der Waals surface area contributed by atoms with Crippen molar-refractivity contribution in [2.45, 2.75) is 167 Å². The minimum absolute atomic E-state index is 0.0329. The molecule has 4 aromatic rings. The Kier molecular flexibility index (Phi) is 17.6. The molecule has 3 aliphatic heterocycles. The van der Waals surface area contributed by atoms with Crippen LogP contribution >= 0.6 is 0 Å². The maximum absolute atomic E-state index is 15.6. The molecular weight excluding hydrogens is 1030 g/mol. The average molecular weight is 1100 g/mol. The monoisotopic (exact) mass is 1100 g/mol. The Morgan fingerprint density at radius 2 is 1.64 bits per heavy atom. The minimum atomic E-state index is -2.04. The second-order valence-electron chi connectivity index (χ2n) is 22.2. The van der Waals surface area contributed by atoms with Gasteiger partial charge in [0.05, 0.1) is 41.6 Å². The zero-order chi connectivity index (χ0) is 57.0. The number of nitrogens with one attached hydrogen (secondary N) is 3. The number of fused-ring (bicyclic) bond motifs is 5. The summed E-state index contributed by atoms with van der Waals surface area (Å²) in [4.78, 5) is 137. The van der Waals surface area contributed by atoms with Gasteiger partial charge in [0.25, 0.3) is 5.56 Å². The van der Waals surface area contributed by atoms with Crippen LogP contribution in [-0.4, -0.2) is 104 Å². The van der Waals surface area contributed by atoms with Crippen molar-refractivity contribution in [1.82, 2.24) is 30.4 Å². The molecule has 20 heteroatoms. The number of carbonyl (C=O) groups is 9. The zero-order valence-corrected chi connectivity index (χ0v) is 45.6. The van der Waals surface area contributed by atoms with Gasteiger partial charge >= 0.3 is 5.97 Å². The number of aliphatic hydroxyl groups is 1. The van der Waals surface area contributed by atoms with E-state index in [1.54, 1.807) is 51.1 Å². The van der Waals surface area contributed by atoms with Crippen molar-refractivity contribution in [2.75, 3.05) is 19.8 Å². The van der Waals surface area contributed by atoms with Crippen molar-refractivity contribution in [2.24, 2.45) is 11.8 Å². The third kappa shape index (κ3) is 12.5. The van der Waals surface area contributed by atoms with E-state index >= 15 is 4.39 Å². The summed E-state index contributed by atoms with van der Waals surface area (Å²) in [5.74, 6) is -4.41. The highest BCUT2D eigenvalue weighted by atomic mass is 19.1. The van der Waals surface area contributed by atoms with E-state index in [0.717, 1.165) is 34.9 Å². The number of imide groups is 1. The number of carbonyl (C=O) groups excluding carboxylic acids is 9. The van der Waals surface area contributed by atoms with E-state index in [0.29, 0.717) is 73.1 Å². The van der Waals surface area contributed by atoms with Crippen LogP contribution in [0.15, 0.2) is 47.3 Å². The number of ether oxygens (including phenoxy) is 2. The van der Waals surface area contributed by atoms with Gasteiger partial charge in [-0.2, -0.15) is 0 Å². The molecule has 4 N–H and O–H groups in total. The third-order valence-electron chi connectivity index (χ3n) is 16.6. The van der Waals surface area contributed by atoms with Gasteiger partial charge in [0.2, 0.25) is 29.5 Å². The van der Waals surface area contributed by atoms with Gasteiger partial charge in [-0.25, -0.2) is 14.2 Å². The summed E-state index contributed by atoms with van der Waals surface area (Å²) < 4.78 is 28.5. The molecule has 0 spiro atoms. The molecule has 5 atom stereocenters. The number of benzene rings is 2. The van der Waals surface area contributed by atoms with Crippen molar-refractivity contribution < 1.29 is 62.1 Å². The fraction of sp³-hybridized carbons (Fsp3) is 0.517. The quantitative estimate of drug-likeness (QED) is 0.0226. The van der Waals surface area contributed by atoms with Crippen LogP contribution in [0.4, 0.5) is 4.39 Å². The number of nitrogens with zero attached hydrogens (tertiary/aromatic N) is 3. The van der Waals surface area contributed by atoms with Gasteiger partial charge in [-0.1, -0.05) is 63.4 Å². The van der Waals surface area contributed by atoms with E-state index in [1.165, 1.54) is 15.5 Å². The molecule has 5 heterocycles. The number of aromatic nitrogens is 2. The van der Waals surface area contributed by atoms with Crippen LogP contribution in [0, 0.1) is 24.6 Å². The summed E-state index contributed by atoms with van der Waals surface area (Å²) in [7, 11) is 0. The molecule has 424 valence electrons. The second kappa shape index (κ2) is 24.6. The van der Waals surface area contributed by atoms with Gasteiger partial charge in [-0.05, 0) is 92.0 Å². The van der Waals surface area contributed by atoms with Crippen LogP contribution in [0.3, 0.4) is 0 Å². The van der Waals surface area contributed by atoms with Crippen LogP contribution in [0.2, 0.25) is 0 Å². The van der Waals surface area contributed by atoms with Crippen LogP contribution in [0.1, 0.15) is 155 Å². The second-order valence-corrected chi connectivity index (χ2v) is 22.2. The molecule has 1 unspecified atom stereocenters. The highest BCUT2D eigenvalue weighted by Gasteiger charge is 2.46. The van der Waals surface area contributed by atoms with Crippen molar-refractivity contribution in [1.29, 1.82) is 0 Å². The van der Waals surface area contributed by atoms with E-state index in [4.69, 9.17) is 14.5 Å². The molecule has 80 heavy (non-hydrogen) atoms. The number of aryl methyl sites for hydroxylation is 1. The van der Waals surface area contributed by atoms with E-state index in [1.807, 2.05) is 6.07 Å². The number of rotatable bonds is 27. The number of halogens is 1. The normalized spacial score (nSPS) is 19.7. The van der Waals surface area contributed by atoms with Gasteiger partial charge in [-0.15, -0.1) is 0 Å². The minimum Gasteiger partial charge on any atom is -0.458 e. The first-order valence-electron chi connectivity index (χ1n) is 28.1. The fourth-order valence-corrected chi connectivity index (χ4v) is 11.7. The maximum atomic E-state index is 15.6. The maximum Gasteiger partial charge on any atom is 0.343 e. The molecule has 1 saturated heterocycles. The first-order chi connectivity index (χ1) is 38.3. The Morgan fingerprint density at radius 1 is 0.887 bits per heavy atom. The molecule has 9 rings (SSSR count). The highest BCUT2D eigenvalue weighted by Crippen LogP contribution is 2.48. The molecule has 2 aromatic carbocycles. The Hall–Kier alpha value is -7.32. The van der Waals surface area contributed by atoms with Crippen LogP contribution < -0.4 is 21.5 Å². The largest absolute Gasteiger partial charge is 0.458 e. The van der Waals surface area contributed by atoms with Crippen molar-refractivity contribution >= 4 is 63.8 Å². The van der Waals surface area contributed by atoms with Crippen molar-refractivity contribution in [3.05, 3.63) is 97.6 Å². The number of amides is 5. The van der Waals surface area contributed by atoms with E-state index < -0.39 is 52.7 Å². The number of Topliss-reactive ketones (excluding diaryl/α,β-unsaturated/α-hetero) is 3. The molecule has 5 aliphatic rings. The molecule has 0 bridgehead atoms. The summed E-state index contributed by atoms with van der Waals surface area (Å²) >= 11 is 0. The smallest absolute Gasteiger partial charge is 0.343 e. The Balaban J connectivity index is 0.779. The number of unbranched alkanes of at least 4 members (excludes halogenated alkanes) is 2. The lowest BCUT2D eigenvalue weighted by molar-refractivity contribution is -0.172. The lowest BCUT2D eigenvalue weighted by Crippen LogP contribution is -2.44. The number of cyclic esters (lactones) is 1. The van der Waals surface area contributed by atoms with Gasteiger partial charge in [0.15, 0.2) is 23.0 Å². The summed E-state index contributed by atoms with van der Waals surface area (Å²) in [6, 6.07) is 11.0. The first-order valence-corrected chi connectivity index (χ1v) is 28.1. The van der Waals surface area contributed by atoms with Crippen LogP contribution in [0.25, 0.3) is 22.3 Å². The number of ketones is 3.